The lowest BCUT2D eigenvalue weighted by molar-refractivity contribution is 0.0111. The van der Waals surface area contributed by atoms with Crippen LogP contribution in [0.5, 0.6) is 23.0 Å². The van der Waals surface area contributed by atoms with Crippen LogP contribution in [-0.4, -0.2) is 16.8 Å². The van der Waals surface area contributed by atoms with Crippen LogP contribution < -0.4 is 18.9 Å². The van der Waals surface area contributed by atoms with Gasteiger partial charge in [-0.25, -0.2) is 0 Å². The SMILES string of the molecule is CC1(C)CCc2cc3c(cc2O1)OC(C)(C)C1c2c(ccc4c2CCC(C)(C)O4)OC31. The summed E-state index contributed by atoms with van der Waals surface area (Å²) < 4.78 is 25.9. The summed E-state index contributed by atoms with van der Waals surface area (Å²) >= 11 is 0. The third-order valence-corrected chi connectivity index (χ3v) is 7.51. The van der Waals surface area contributed by atoms with Gasteiger partial charge in [0.1, 0.15) is 45.9 Å². The quantitative estimate of drug-likeness (QED) is 0.502. The molecule has 4 aliphatic rings. The first-order chi connectivity index (χ1) is 14.5. The van der Waals surface area contributed by atoms with E-state index in [0.717, 1.165) is 54.2 Å². The predicted molar refractivity (Wildman–Crippen MR) is 120 cm³/mol. The molecule has 4 heterocycles. The van der Waals surface area contributed by atoms with Crippen LogP contribution in [0.4, 0.5) is 0 Å². The van der Waals surface area contributed by atoms with E-state index in [1.807, 2.05) is 0 Å². The summed E-state index contributed by atoms with van der Waals surface area (Å²) in [6, 6.07) is 8.54. The zero-order valence-electron chi connectivity index (χ0n) is 19.4. The topological polar surface area (TPSA) is 36.9 Å². The number of benzene rings is 2. The van der Waals surface area contributed by atoms with Crippen molar-refractivity contribution in [1.29, 1.82) is 0 Å². The van der Waals surface area contributed by atoms with Gasteiger partial charge >= 0.3 is 0 Å². The lowest BCUT2D eigenvalue weighted by Gasteiger charge is -2.43. The standard InChI is InChI=1S/C27H32O4/c1-25(2)11-9-15-13-17-21(14-20(15)30-25)31-27(5,6)23-22-16-10-12-26(3,4)29-18(16)7-8-19(22)28-24(17)23/h7-8,13-14,23-24H,9-12H2,1-6H3. The van der Waals surface area contributed by atoms with Gasteiger partial charge in [0.05, 0.1) is 5.92 Å². The van der Waals surface area contributed by atoms with Gasteiger partial charge in [-0.1, -0.05) is 0 Å². The first kappa shape index (κ1) is 19.3. The van der Waals surface area contributed by atoms with Gasteiger partial charge in [0.2, 0.25) is 0 Å². The molecule has 0 spiro atoms. The Morgan fingerprint density at radius 2 is 1.42 bits per heavy atom. The Bertz CT molecular complexity index is 1090. The number of rotatable bonds is 0. The summed E-state index contributed by atoms with van der Waals surface area (Å²) in [5, 5.41) is 0. The Morgan fingerprint density at radius 3 is 2.19 bits per heavy atom. The molecule has 2 aromatic rings. The Labute approximate surface area is 184 Å². The van der Waals surface area contributed by atoms with E-state index >= 15 is 0 Å². The van der Waals surface area contributed by atoms with Gasteiger partial charge in [0.25, 0.3) is 0 Å². The van der Waals surface area contributed by atoms with Crippen LogP contribution in [0.25, 0.3) is 0 Å². The minimum Gasteiger partial charge on any atom is -0.488 e. The molecule has 0 saturated heterocycles. The van der Waals surface area contributed by atoms with Gasteiger partial charge in [-0.15, -0.1) is 0 Å². The highest BCUT2D eigenvalue weighted by Crippen LogP contribution is 2.60. The van der Waals surface area contributed by atoms with Crippen molar-refractivity contribution in [1.82, 2.24) is 0 Å². The Kier molecular flexibility index (Phi) is 3.68. The molecular weight excluding hydrogens is 388 g/mol. The molecule has 0 radical (unpaired) electrons. The maximum Gasteiger partial charge on any atom is 0.138 e. The van der Waals surface area contributed by atoms with E-state index in [9.17, 15) is 0 Å². The van der Waals surface area contributed by atoms with Gasteiger partial charge in [0, 0.05) is 22.8 Å². The molecule has 0 fully saturated rings. The second-order valence-corrected chi connectivity index (χ2v) is 11.4. The molecule has 2 aromatic carbocycles. The van der Waals surface area contributed by atoms with Crippen molar-refractivity contribution in [2.75, 3.05) is 0 Å². The number of ether oxygens (including phenoxy) is 4. The molecule has 4 aliphatic heterocycles. The van der Waals surface area contributed by atoms with Gasteiger partial charge in [-0.05, 0) is 91.0 Å². The Balaban J connectivity index is 1.47. The third-order valence-electron chi connectivity index (χ3n) is 7.51. The zero-order valence-corrected chi connectivity index (χ0v) is 19.4. The number of fused-ring (bicyclic) bond motifs is 8. The van der Waals surface area contributed by atoms with E-state index in [0.29, 0.717) is 0 Å². The smallest absolute Gasteiger partial charge is 0.138 e. The first-order valence-electron chi connectivity index (χ1n) is 11.6. The molecule has 4 nitrogen and oxygen atoms in total. The highest BCUT2D eigenvalue weighted by molar-refractivity contribution is 5.60. The first-order valence-corrected chi connectivity index (χ1v) is 11.6. The normalized spacial score (nSPS) is 27.7. The maximum absolute atomic E-state index is 6.66. The summed E-state index contributed by atoms with van der Waals surface area (Å²) in [6.07, 6.45) is 4.00. The molecule has 0 bridgehead atoms. The van der Waals surface area contributed by atoms with Crippen LogP contribution in [0.3, 0.4) is 0 Å². The molecule has 0 saturated carbocycles. The minimum atomic E-state index is -0.399. The molecule has 0 aliphatic carbocycles. The molecule has 0 amide bonds. The van der Waals surface area contributed by atoms with Crippen molar-refractivity contribution in [2.24, 2.45) is 0 Å². The highest BCUT2D eigenvalue weighted by atomic mass is 16.5. The summed E-state index contributed by atoms with van der Waals surface area (Å²) in [6.45, 7) is 13.0. The summed E-state index contributed by atoms with van der Waals surface area (Å²) in [7, 11) is 0. The number of hydrogen-bond acceptors (Lipinski definition) is 4. The molecule has 31 heavy (non-hydrogen) atoms. The lowest BCUT2D eigenvalue weighted by Crippen LogP contribution is -2.43. The average Bonchev–Trinajstić information content (AvgIpc) is 3.06. The van der Waals surface area contributed by atoms with Crippen molar-refractivity contribution < 1.29 is 18.9 Å². The molecule has 4 heteroatoms. The summed E-state index contributed by atoms with van der Waals surface area (Å²) in [5.74, 6) is 3.96. The Hall–Kier alpha value is -2.36. The van der Waals surface area contributed by atoms with E-state index in [2.05, 4.69) is 65.8 Å². The van der Waals surface area contributed by atoms with E-state index in [1.165, 1.54) is 16.7 Å². The van der Waals surface area contributed by atoms with Crippen LogP contribution >= 0.6 is 0 Å². The molecule has 6 rings (SSSR count). The van der Waals surface area contributed by atoms with Crippen molar-refractivity contribution in [3.8, 4) is 23.0 Å². The molecule has 0 aromatic heterocycles. The van der Waals surface area contributed by atoms with Crippen LogP contribution in [0.2, 0.25) is 0 Å². The fourth-order valence-corrected chi connectivity index (χ4v) is 5.86. The van der Waals surface area contributed by atoms with Gasteiger partial charge in [-0.2, -0.15) is 0 Å². The highest BCUT2D eigenvalue weighted by Gasteiger charge is 2.53. The van der Waals surface area contributed by atoms with Crippen molar-refractivity contribution >= 4 is 0 Å². The minimum absolute atomic E-state index is 0.0459. The second kappa shape index (κ2) is 5.90. The lowest BCUT2D eigenvalue weighted by atomic mass is 9.74. The van der Waals surface area contributed by atoms with Gasteiger partial charge in [0.15, 0.2) is 0 Å². The Morgan fingerprint density at radius 1 is 0.742 bits per heavy atom. The molecule has 164 valence electrons. The van der Waals surface area contributed by atoms with Crippen LogP contribution in [0.1, 0.15) is 88.7 Å². The summed E-state index contributed by atoms with van der Waals surface area (Å²) in [4.78, 5) is 0. The summed E-state index contributed by atoms with van der Waals surface area (Å²) in [5.41, 5.74) is 4.32. The monoisotopic (exact) mass is 420 g/mol. The van der Waals surface area contributed by atoms with E-state index < -0.39 is 5.60 Å². The van der Waals surface area contributed by atoms with E-state index in [4.69, 9.17) is 18.9 Å². The van der Waals surface area contributed by atoms with Crippen LogP contribution in [0.15, 0.2) is 24.3 Å². The fraction of sp³-hybridized carbons (Fsp3) is 0.556. The third kappa shape index (κ3) is 2.86. The van der Waals surface area contributed by atoms with Gasteiger partial charge < -0.3 is 18.9 Å². The average molecular weight is 421 g/mol. The van der Waals surface area contributed by atoms with Crippen molar-refractivity contribution in [2.45, 2.75) is 96.1 Å². The maximum atomic E-state index is 6.66. The predicted octanol–water partition coefficient (Wildman–Crippen LogP) is 6.28. The molecule has 2 atom stereocenters. The number of aryl methyl sites for hydroxylation is 1. The molecular formula is C27H32O4. The molecule has 2 unspecified atom stereocenters. The second-order valence-electron chi connectivity index (χ2n) is 11.4. The van der Waals surface area contributed by atoms with Crippen LogP contribution in [-0.2, 0) is 12.8 Å². The zero-order chi connectivity index (χ0) is 21.8. The number of hydrogen-bond donors (Lipinski definition) is 0. The largest absolute Gasteiger partial charge is 0.488 e. The van der Waals surface area contributed by atoms with Crippen molar-refractivity contribution in [3.05, 3.63) is 46.5 Å². The molecule has 0 N–H and O–H groups in total. The van der Waals surface area contributed by atoms with Crippen molar-refractivity contribution in [3.63, 3.8) is 0 Å². The van der Waals surface area contributed by atoms with Gasteiger partial charge in [-0.3, -0.25) is 0 Å². The van der Waals surface area contributed by atoms with E-state index in [-0.39, 0.29) is 23.2 Å². The fourth-order valence-electron chi connectivity index (χ4n) is 5.86. The van der Waals surface area contributed by atoms with Crippen LogP contribution in [0, 0.1) is 0 Å². The van der Waals surface area contributed by atoms with E-state index in [1.54, 1.807) is 0 Å².